The third-order valence-corrected chi connectivity index (χ3v) is 1.78. The lowest BCUT2D eigenvalue weighted by Gasteiger charge is -2.20. The van der Waals surface area contributed by atoms with Crippen molar-refractivity contribution in [3.8, 4) is 0 Å². The Morgan fingerprint density at radius 2 is 2.33 bits per heavy atom. The van der Waals surface area contributed by atoms with Crippen molar-refractivity contribution in [2.45, 2.75) is 18.1 Å². The Hall–Kier alpha value is 0.180. The molecule has 0 aromatic carbocycles. The third kappa shape index (κ3) is 3.01. The number of nitrogens with one attached hydrogen (secondary N) is 1. The molecule has 1 rings (SSSR count). The highest BCUT2D eigenvalue weighted by Crippen LogP contribution is 2.14. The Bertz CT molecular complexity index is 105. The summed E-state index contributed by atoms with van der Waals surface area (Å²) in [5.74, 6) is 0. The molecule has 1 unspecified atom stereocenters. The number of piperidine rings is 1. The van der Waals surface area contributed by atoms with Crippen LogP contribution < -0.4 is 5.32 Å². The minimum absolute atomic E-state index is 0. The van der Waals surface area contributed by atoms with Crippen LogP contribution in [0, 0.1) is 0 Å². The molecule has 1 aliphatic heterocycles. The van der Waals surface area contributed by atoms with Crippen molar-refractivity contribution < 1.29 is 0 Å². The summed E-state index contributed by atoms with van der Waals surface area (Å²) in [4.78, 5) is 0. The number of allylic oxidation sites excluding steroid dienone is 1. The average Bonchev–Trinajstić information content (AvgIpc) is 1.64. The van der Waals surface area contributed by atoms with Crippen LogP contribution in [0.3, 0.4) is 0 Å². The van der Waals surface area contributed by atoms with Gasteiger partial charge in [-0.1, -0.05) is 6.58 Å². The molecule has 1 nitrogen and oxygen atoms in total. The van der Waals surface area contributed by atoms with Gasteiger partial charge >= 0.3 is 0 Å². The molecule has 0 saturated carbocycles. The van der Waals surface area contributed by atoms with Gasteiger partial charge in [0, 0.05) is 17.5 Å². The van der Waals surface area contributed by atoms with Gasteiger partial charge in [0.1, 0.15) is 0 Å². The molecule has 54 valence electrons. The van der Waals surface area contributed by atoms with E-state index in [1.165, 1.54) is 6.42 Å². The Balaban J connectivity index is 0.000000640. The maximum absolute atomic E-state index is 4.32. The lowest BCUT2D eigenvalue weighted by atomic mass is 10.1. The van der Waals surface area contributed by atoms with Gasteiger partial charge in [0.05, 0.1) is 0 Å². The van der Waals surface area contributed by atoms with E-state index < -0.39 is 0 Å². The Morgan fingerprint density at radius 3 is 2.67 bits per heavy atom. The molecule has 1 atom stereocenters. The van der Waals surface area contributed by atoms with Crippen LogP contribution in [0.4, 0.5) is 0 Å². The summed E-state index contributed by atoms with van der Waals surface area (Å²) in [7, 11) is 0. The second-order valence-electron chi connectivity index (χ2n) is 2.18. The highest BCUT2D eigenvalue weighted by Gasteiger charge is 2.09. The minimum atomic E-state index is 0. The monoisotopic (exact) mass is 165 g/mol. The van der Waals surface area contributed by atoms with Gasteiger partial charge in [-0.2, -0.15) is 12.6 Å². The van der Waals surface area contributed by atoms with Crippen molar-refractivity contribution in [2.75, 3.05) is 6.54 Å². The van der Waals surface area contributed by atoms with Gasteiger partial charge in [0.2, 0.25) is 0 Å². The highest BCUT2D eigenvalue weighted by molar-refractivity contribution is 7.80. The molecule has 1 N–H and O–H groups in total. The smallest absolute Gasteiger partial charge is 0.0154 e. The van der Waals surface area contributed by atoms with Gasteiger partial charge in [0.15, 0.2) is 0 Å². The number of halogens is 1. The fourth-order valence-electron chi connectivity index (χ4n) is 0.874. The number of hydrogen-bond acceptors (Lipinski definition) is 2. The Labute approximate surface area is 67.7 Å². The zero-order chi connectivity index (χ0) is 5.98. The molecule has 1 heterocycles. The molecule has 1 saturated heterocycles. The molecule has 0 aromatic rings. The highest BCUT2D eigenvalue weighted by atomic mass is 35.5. The topological polar surface area (TPSA) is 12.0 Å². The Kier molecular flexibility index (Phi) is 4.15. The Morgan fingerprint density at radius 1 is 1.67 bits per heavy atom. The van der Waals surface area contributed by atoms with Crippen molar-refractivity contribution >= 4 is 25.0 Å². The molecular formula is C6H12ClNS. The van der Waals surface area contributed by atoms with Gasteiger partial charge in [-0.25, -0.2) is 0 Å². The lowest BCUT2D eigenvalue weighted by Crippen LogP contribution is -2.25. The zero-order valence-electron chi connectivity index (χ0n) is 5.26. The van der Waals surface area contributed by atoms with E-state index in [4.69, 9.17) is 0 Å². The van der Waals surface area contributed by atoms with E-state index in [0.717, 1.165) is 18.7 Å². The van der Waals surface area contributed by atoms with E-state index >= 15 is 0 Å². The predicted molar refractivity (Wildman–Crippen MR) is 46.4 cm³/mol. The van der Waals surface area contributed by atoms with Gasteiger partial charge in [-0.3, -0.25) is 0 Å². The fraction of sp³-hybridized carbons (Fsp3) is 0.667. The first kappa shape index (κ1) is 9.18. The SMILES string of the molecule is C=C1CC(S)CCN1.Cl. The first-order valence-corrected chi connectivity index (χ1v) is 3.40. The summed E-state index contributed by atoms with van der Waals surface area (Å²) in [6, 6.07) is 0. The molecule has 0 bridgehead atoms. The molecule has 0 aromatic heterocycles. The summed E-state index contributed by atoms with van der Waals surface area (Å²) < 4.78 is 0. The van der Waals surface area contributed by atoms with Crippen molar-refractivity contribution in [3.05, 3.63) is 12.3 Å². The van der Waals surface area contributed by atoms with Crippen LogP contribution in [0.2, 0.25) is 0 Å². The minimum Gasteiger partial charge on any atom is -0.389 e. The van der Waals surface area contributed by atoms with Gasteiger partial charge < -0.3 is 5.32 Å². The van der Waals surface area contributed by atoms with Crippen LogP contribution in [-0.4, -0.2) is 11.8 Å². The van der Waals surface area contributed by atoms with E-state index in [0.29, 0.717) is 5.25 Å². The average molecular weight is 166 g/mol. The molecule has 1 aliphatic rings. The number of rotatable bonds is 0. The number of thiol groups is 1. The molecule has 0 radical (unpaired) electrons. The van der Waals surface area contributed by atoms with Gasteiger partial charge in [-0.05, 0) is 12.8 Å². The lowest BCUT2D eigenvalue weighted by molar-refractivity contribution is 0.605. The maximum Gasteiger partial charge on any atom is 0.0154 e. The molecule has 0 amide bonds. The van der Waals surface area contributed by atoms with E-state index in [-0.39, 0.29) is 12.4 Å². The van der Waals surface area contributed by atoms with Crippen LogP contribution in [0.5, 0.6) is 0 Å². The molecule has 0 spiro atoms. The maximum atomic E-state index is 4.32. The second-order valence-corrected chi connectivity index (χ2v) is 2.91. The fourth-order valence-corrected chi connectivity index (χ4v) is 1.22. The van der Waals surface area contributed by atoms with Gasteiger partial charge in [-0.15, -0.1) is 12.4 Å². The number of hydrogen-bond donors (Lipinski definition) is 2. The van der Waals surface area contributed by atoms with Crippen LogP contribution >= 0.6 is 25.0 Å². The van der Waals surface area contributed by atoms with E-state index in [2.05, 4.69) is 24.5 Å². The van der Waals surface area contributed by atoms with E-state index in [1.807, 2.05) is 0 Å². The summed E-state index contributed by atoms with van der Waals surface area (Å²) in [6.07, 6.45) is 2.20. The summed E-state index contributed by atoms with van der Waals surface area (Å²) in [5, 5.41) is 3.71. The predicted octanol–water partition coefficient (Wildman–Crippen LogP) is 1.60. The van der Waals surface area contributed by atoms with Crippen LogP contribution in [0.25, 0.3) is 0 Å². The molecule has 1 fully saturated rings. The molecule has 0 aliphatic carbocycles. The molecule has 9 heavy (non-hydrogen) atoms. The van der Waals surface area contributed by atoms with E-state index in [9.17, 15) is 0 Å². The normalized spacial score (nSPS) is 26.3. The van der Waals surface area contributed by atoms with Gasteiger partial charge in [0.25, 0.3) is 0 Å². The first-order chi connectivity index (χ1) is 3.79. The van der Waals surface area contributed by atoms with Crippen molar-refractivity contribution in [2.24, 2.45) is 0 Å². The standard InChI is InChI=1S/C6H11NS.ClH/c1-5-4-6(8)2-3-7-5;/h6-8H,1-4H2;1H. The third-order valence-electron chi connectivity index (χ3n) is 1.33. The van der Waals surface area contributed by atoms with Crippen LogP contribution in [-0.2, 0) is 0 Å². The largest absolute Gasteiger partial charge is 0.389 e. The zero-order valence-corrected chi connectivity index (χ0v) is 6.97. The summed E-state index contributed by atoms with van der Waals surface area (Å²) >= 11 is 4.32. The van der Waals surface area contributed by atoms with E-state index in [1.54, 1.807) is 0 Å². The van der Waals surface area contributed by atoms with Crippen molar-refractivity contribution in [3.63, 3.8) is 0 Å². The molecule has 3 heteroatoms. The van der Waals surface area contributed by atoms with Crippen molar-refractivity contribution in [1.29, 1.82) is 0 Å². The quantitative estimate of drug-likeness (QED) is 0.520. The molecular weight excluding hydrogens is 154 g/mol. The second kappa shape index (κ2) is 4.07. The van der Waals surface area contributed by atoms with Crippen LogP contribution in [0.15, 0.2) is 12.3 Å². The first-order valence-electron chi connectivity index (χ1n) is 2.89. The summed E-state index contributed by atoms with van der Waals surface area (Å²) in [5.41, 5.74) is 1.14. The van der Waals surface area contributed by atoms with Crippen molar-refractivity contribution in [1.82, 2.24) is 5.32 Å². The van der Waals surface area contributed by atoms with Crippen LogP contribution in [0.1, 0.15) is 12.8 Å². The summed E-state index contributed by atoms with van der Waals surface area (Å²) in [6.45, 7) is 4.85.